The summed E-state index contributed by atoms with van der Waals surface area (Å²) in [6, 6.07) is 0.537. The van der Waals surface area contributed by atoms with Gasteiger partial charge in [0.1, 0.15) is 0 Å². The molecule has 0 saturated heterocycles. The van der Waals surface area contributed by atoms with Gasteiger partial charge in [-0.15, -0.1) is 0 Å². The Labute approximate surface area is 137 Å². The van der Waals surface area contributed by atoms with Crippen molar-refractivity contribution >= 4 is 18.3 Å². The lowest BCUT2D eigenvalue weighted by Crippen LogP contribution is -2.69. The molecule has 21 heavy (non-hydrogen) atoms. The van der Waals surface area contributed by atoms with Gasteiger partial charge in [0.2, 0.25) is 0 Å². The van der Waals surface area contributed by atoms with Gasteiger partial charge in [0.15, 0.2) is 0 Å². The van der Waals surface area contributed by atoms with Crippen molar-refractivity contribution in [1.29, 1.82) is 0 Å². The third kappa shape index (κ3) is 3.91. The van der Waals surface area contributed by atoms with Gasteiger partial charge in [0, 0.05) is 21.4 Å². The first-order valence-corrected chi connectivity index (χ1v) is 12.9. The highest BCUT2D eigenvalue weighted by Gasteiger charge is 2.53. The molecule has 124 valence electrons. The minimum atomic E-state index is -1.42. The standard InChI is InChI=1S/C18H39NSi2/c1-14(16(3)20)15(2)19-18(12-10-9-11-13-18)21(7,8)17(4,5)6/h15,19H,9-13H2,1-8,20H3. The molecule has 0 aliphatic heterocycles. The summed E-state index contributed by atoms with van der Waals surface area (Å²) < 4.78 is 0. The van der Waals surface area contributed by atoms with Gasteiger partial charge < -0.3 is 5.32 Å². The van der Waals surface area contributed by atoms with E-state index in [1.54, 1.807) is 10.8 Å². The molecule has 0 aromatic heterocycles. The maximum Gasteiger partial charge on any atom is 0.0758 e. The largest absolute Gasteiger partial charge is 0.308 e. The van der Waals surface area contributed by atoms with Crippen molar-refractivity contribution in [2.75, 3.05) is 0 Å². The molecule has 0 bridgehead atoms. The Morgan fingerprint density at radius 1 is 1.10 bits per heavy atom. The molecule has 1 nitrogen and oxygen atoms in total. The molecule has 1 unspecified atom stereocenters. The zero-order valence-electron chi connectivity index (χ0n) is 16.1. The molecule has 0 aromatic rings. The van der Waals surface area contributed by atoms with E-state index in [9.17, 15) is 0 Å². The van der Waals surface area contributed by atoms with Gasteiger partial charge in [0.05, 0.1) is 8.07 Å². The highest BCUT2D eigenvalue weighted by Crippen LogP contribution is 2.48. The van der Waals surface area contributed by atoms with Crippen LogP contribution in [0.15, 0.2) is 10.8 Å². The average molecular weight is 326 g/mol. The van der Waals surface area contributed by atoms with Gasteiger partial charge in [-0.25, -0.2) is 0 Å². The molecular formula is C18H39NSi2. The number of nitrogens with one attached hydrogen (secondary N) is 1. The van der Waals surface area contributed by atoms with E-state index in [2.05, 4.69) is 60.0 Å². The van der Waals surface area contributed by atoms with E-state index in [1.165, 1.54) is 42.3 Å². The number of hydrogen-bond donors (Lipinski definition) is 1. The molecule has 1 aliphatic rings. The van der Waals surface area contributed by atoms with Crippen molar-refractivity contribution < 1.29 is 0 Å². The molecule has 0 spiro atoms. The van der Waals surface area contributed by atoms with E-state index in [-0.39, 0.29) is 0 Å². The summed E-state index contributed by atoms with van der Waals surface area (Å²) in [6.07, 6.45) is 7.03. The Balaban J connectivity index is 3.14. The molecular weight excluding hydrogens is 286 g/mol. The van der Waals surface area contributed by atoms with Crippen LogP contribution in [0.25, 0.3) is 0 Å². The predicted octanol–water partition coefficient (Wildman–Crippen LogP) is 4.37. The van der Waals surface area contributed by atoms with E-state index >= 15 is 0 Å². The van der Waals surface area contributed by atoms with E-state index in [0.717, 1.165) is 0 Å². The fraction of sp³-hybridized carbons (Fsp3) is 0.889. The van der Waals surface area contributed by atoms with Crippen LogP contribution in [-0.4, -0.2) is 29.5 Å². The summed E-state index contributed by atoms with van der Waals surface area (Å²) in [5.41, 5.74) is 1.59. The summed E-state index contributed by atoms with van der Waals surface area (Å²) in [6.45, 7) is 19.7. The van der Waals surface area contributed by atoms with Gasteiger partial charge >= 0.3 is 0 Å². The maximum atomic E-state index is 4.19. The molecule has 3 heteroatoms. The summed E-state index contributed by atoms with van der Waals surface area (Å²) in [4.78, 5) is 0. The lowest BCUT2D eigenvalue weighted by Gasteiger charge is -2.56. The Kier molecular flexibility index (Phi) is 6.13. The second-order valence-corrected chi connectivity index (χ2v) is 16.3. The summed E-state index contributed by atoms with van der Waals surface area (Å²) in [7, 11) is -0.229. The van der Waals surface area contributed by atoms with Crippen molar-refractivity contribution in [3.05, 3.63) is 10.8 Å². The van der Waals surface area contributed by atoms with Gasteiger partial charge in [-0.3, -0.25) is 0 Å². The van der Waals surface area contributed by atoms with Crippen molar-refractivity contribution in [2.45, 2.75) is 103 Å². The SMILES string of the molecule is CC([SiH3])=C(C)C(C)NC1([Si](C)(C)C(C)(C)C)CCCCC1. The molecule has 0 radical (unpaired) electrons. The number of allylic oxidation sites excluding steroid dienone is 1. The van der Waals surface area contributed by atoms with Crippen LogP contribution in [0.4, 0.5) is 0 Å². The summed E-state index contributed by atoms with van der Waals surface area (Å²) >= 11 is 0. The van der Waals surface area contributed by atoms with Crippen molar-refractivity contribution in [3.8, 4) is 0 Å². The van der Waals surface area contributed by atoms with Crippen LogP contribution >= 0.6 is 0 Å². The van der Waals surface area contributed by atoms with Crippen molar-refractivity contribution in [3.63, 3.8) is 0 Å². The number of hydrogen-bond acceptors (Lipinski definition) is 1. The van der Waals surface area contributed by atoms with Crippen LogP contribution in [0.3, 0.4) is 0 Å². The molecule has 1 aliphatic carbocycles. The second kappa shape index (κ2) is 6.71. The first-order valence-electron chi connectivity index (χ1n) is 8.86. The van der Waals surface area contributed by atoms with E-state index in [0.29, 0.717) is 16.2 Å². The predicted molar refractivity (Wildman–Crippen MR) is 104 cm³/mol. The van der Waals surface area contributed by atoms with Crippen LogP contribution in [0.2, 0.25) is 18.1 Å². The monoisotopic (exact) mass is 325 g/mol. The average Bonchev–Trinajstić information content (AvgIpc) is 2.37. The summed E-state index contributed by atoms with van der Waals surface area (Å²) in [5.74, 6) is 0. The number of rotatable bonds is 4. The minimum absolute atomic E-state index is 0.418. The van der Waals surface area contributed by atoms with Crippen LogP contribution in [-0.2, 0) is 0 Å². The molecule has 1 atom stereocenters. The molecule has 0 amide bonds. The fourth-order valence-corrected chi connectivity index (χ4v) is 7.83. The Hall–Kier alpha value is 0.134. The fourth-order valence-electron chi connectivity index (χ4n) is 3.78. The van der Waals surface area contributed by atoms with Gasteiger partial charge in [0.25, 0.3) is 0 Å². The van der Waals surface area contributed by atoms with Crippen molar-refractivity contribution in [1.82, 2.24) is 5.32 Å². The van der Waals surface area contributed by atoms with E-state index < -0.39 is 8.07 Å². The quantitative estimate of drug-likeness (QED) is 0.757. The molecule has 1 saturated carbocycles. The first-order chi connectivity index (χ1) is 9.44. The van der Waals surface area contributed by atoms with Crippen LogP contribution < -0.4 is 5.32 Å². The molecule has 1 rings (SSSR count). The maximum absolute atomic E-state index is 4.19. The zero-order chi connectivity index (χ0) is 16.5. The normalized spacial score (nSPS) is 22.9. The lowest BCUT2D eigenvalue weighted by molar-refractivity contribution is 0.290. The Bertz CT molecular complexity index is 381. The molecule has 1 fully saturated rings. The highest BCUT2D eigenvalue weighted by atomic mass is 28.3. The summed E-state index contributed by atoms with van der Waals surface area (Å²) in [5, 5.41) is 6.66. The second-order valence-electron chi connectivity index (χ2n) is 9.07. The van der Waals surface area contributed by atoms with Gasteiger partial charge in [-0.1, -0.05) is 63.9 Å². The van der Waals surface area contributed by atoms with Crippen LogP contribution in [0.5, 0.6) is 0 Å². The zero-order valence-corrected chi connectivity index (χ0v) is 19.1. The molecule has 0 aromatic carbocycles. The smallest absolute Gasteiger partial charge is 0.0758 e. The van der Waals surface area contributed by atoms with E-state index in [4.69, 9.17) is 0 Å². The Morgan fingerprint density at radius 2 is 1.57 bits per heavy atom. The molecule has 1 N–H and O–H groups in total. The third-order valence-corrected chi connectivity index (χ3v) is 14.3. The first kappa shape index (κ1) is 19.2. The Morgan fingerprint density at radius 3 is 1.95 bits per heavy atom. The highest BCUT2D eigenvalue weighted by molar-refractivity contribution is 6.83. The molecule has 0 heterocycles. The topological polar surface area (TPSA) is 12.0 Å². The van der Waals surface area contributed by atoms with Gasteiger partial charge in [-0.2, -0.15) is 0 Å². The van der Waals surface area contributed by atoms with Crippen LogP contribution in [0.1, 0.15) is 73.6 Å². The third-order valence-electron chi connectivity index (χ3n) is 6.71. The van der Waals surface area contributed by atoms with Crippen molar-refractivity contribution in [2.24, 2.45) is 0 Å². The minimum Gasteiger partial charge on any atom is -0.308 e. The van der Waals surface area contributed by atoms with E-state index in [1.807, 2.05) is 0 Å². The van der Waals surface area contributed by atoms with Gasteiger partial charge in [-0.05, 0) is 38.7 Å². The van der Waals surface area contributed by atoms with Crippen LogP contribution in [0, 0.1) is 0 Å². The lowest BCUT2D eigenvalue weighted by atomic mass is 9.93.